The number of aromatic nitrogens is 3. The number of rotatable bonds is 4. The van der Waals surface area contributed by atoms with Crippen LogP contribution < -0.4 is 11.0 Å². The van der Waals surface area contributed by atoms with E-state index in [2.05, 4.69) is 20.3 Å². The molecule has 3 rings (SSSR count). The molecule has 0 aliphatic heterocycles. The lowest BCUT2D eigenvalue weighted by Gasteiger charge is -2.10. The van der Waals surface area contributed by atoms with Gasteiger partial charge in [0, 0.05) is 29.6 Å². The quantitative estimate of drug-likeness (QED) is 0.616. The molecule has 0 unspecified atom stereocenters. The summed E-state index contributed by atoms with van der Waals surface area (Å²) in [5, 5.41) is 11.0. The van der Waals surface area contributed by atoms with Gasteiger partial charge in [-0.3, -0.25) is 4.98 Å². The third kappa shape index (κ3) is 4.78. The van der Waals surface area contributed by atoms with Gasteiger partial charge in [-0.15, -0.1) is 0 Å². The van der Waals surface area contributed by atoms with Crippen LogP contribution in [0.1, 0.15) is 16.8 Å². The minimum Gasteiger partial charge on any atom is -0.465 e. The zero-order valence-electron chi connectivity index (χ0n) is 15.0. The van der Waals surface area contributed by atoms with Crippen LogP contribution in [0.3, 0.4) is 0 Å². The van der Waals surface area contributed by atoms with Crippen molar-refractivity contribution in [3.63, 3.8) is 0 Å². The van der Waals surface area contributed by atoms with Crippen molar-refractivity contribution in [2.75, 3.05) is 0 Å². The number of nitrogens with one attached hydrogen (secondary N) is 2. The summed E-state index contributed by atoms with van der Waals surface area (Å²) in [6, 6.07) is 7.52. The Morgan fingerprint density at radius 3 is 2.52 bits per heavy atom. The van der Waals surface area contributed by atoms with E-state index >= 15 is 0 Å². The Balaban J connectivity index is 2.01. The summed E-state index contributed by atoms with van der Waals surface area (Å²) >= 11 is 0. The molecule has 0 saturated carbocycles. The van der Waals surface area contributed by atoms with E-state index in [1.54, 1.807) is 13.0 Å². The number of hydrogen-bond acceptors (Lipinski definition) is 4. The Morgan fingerprint density at radius 1 is 1.21 bits per heavy atom. The van der Waals surface area contributed by atoms with Crippen molar-refractivity contribution in [3.05, 3.63) is 69.9 Å². The molecular weight excluding hydrogens is 389 g/mol. The van der Waals surface area contributed by atoms with Crippen molar-refractivity contribution < 1.29 is 23.1 Å². The van der Waals surface area contributed by atoms with Crippen molar-refractivity contribution in [1.29, 1.82) is 0 Å². The van der Waals surface area contributed by atoms with Gasteiger partial charge in [-0.05, 0) is 36.8 Å². The van der Waals surface area contributed by atoms with Crippen molar-refractivity contribution in [3.8, 4) is 22.5 Å². The third-order valence-electron chi connectivity index (χ3n) is 4.13. The summed E-state index contributed by atoms with van der Waals surface area (Å²) in [4.78, 5) is 33.3. The number of carbonyl (C=O) groups is 1. The molecule has 3 aromatic rings. The van der Waals surface area contributed by atoms with E-state index in [-0.39, 0.29) is 12.2 Å². The highest BCUT2D eigenvalue weighted by molar-refractivity contribution is 5.69. The number of aryl methyl sites for hydroxylation is 1. The fraction of sp³-hybridized carbons (Fsp3) is 0.158. The van der Waals surface area contributed by atoms with Crippen LogP contribution in [-0.4, -0.2) is 26.2 Å². The van der Waals surface area contributed by atoms with Crippen LogP contribution in [0.15, 0.2) is 47.4 Å². The topological polar surface area (TPSA) is 108 Å². The first-order valence-electron chi connectivity index (χ1n) is 8.35. The molecule has 2 aromatic heterocycles. The SMILES string of the molecule is Cc1ncc(CNC(=O)O)cc1-c1cc(-c2ccc(C(F)(F)F)cc2)nc(=O)[nH]1. The molecule has 0 aliphatic rings. The normalized spacial score (nSPS) is 11.3. The predicted molar refractivity (Wildman–Crippen MR) is 98.1 cm³/mol. The van der Waals surface area contributed by atoms with Crippen LogP contribution in [0, 0.1) is 6.92 Å². The molecule has 7 nitrogen and oxygen atoms in total. The molecule has 0 fully saturated rings. The highest BCUT2D eigenvalue weighted by atomic mass is 19.4. The standard InChI is InChI=1S/C19H15F3N4O3/c1-10-14(6-11(8-23-10)9-24-18(28)29)16-7-15(25-17(27)26-16)12-2-4-13(5-3-12)19(20,21)22/h2-8,24H,9H2,1H3,(H,28,29)(H,25,26,27). The monoisotopic (exact) mass is 404 g/mol. The first-order valence-corrected chi connectivity index (χ1v) is 8.35. The van der Waals surface area contributed by atoms with Crippen LogP contribution in [0.2, 0.25) is 0 Å². The van der Waals surface area contributed by atoms with Gasteiger partial charge in [-0.1, -0.05) is 12.1 Å². The molecule has 0 spiro atoms. The van der Waals surface area contributed by atoms with Crippen LogP contribution in [0.25, 0.3) is 22.5 Å². The summed E-state index contributed by atoms with van der Waals surface area (Å²) in [5.74, 6) is 0. The summed E-state index contributed by atoms with van der Waals surface area (Å²) in [5.41, 5.74) is 1.12. The number of H-pyrrole nitrogens is 1. The lowest BCUT2D eigenvalue weighted by Crippen LogP contribution is -2.20. The van der Waals surface area contributed by atoms with Crippen molar-refractivity contribution in [2.45, 2.75) is 19.6 Å². The van der Waals surface area contributed by atoms with E-state index in [1.165, 1.54) is 24.4 Å². The first-order chi connectivity index (χ1) is 13.6. The number of carboxylic acid groups (broad SMARTS) is 1. The number of pyridine rings is 1. The molecule has 0 bridgehead atoms. The van der Waals surface area contributed by atoms with Gasteiger partial charge in [0.1, 0.15) is 0 Å². The maximum Gasteiger partial charge on any atom is 0.416 e. The van der Waals surface area contributed by atoms with E-state index in [1.807, 2.05) is 0 Å². The molecule has 0 aliphatic carbocycles. The Kier molecular flexibility index (Phi) is 5.35. The van der Waals surface area contributed by atoms with E-state index in [0.717, 1.165) is 12.1 Å². The molecule has 10 heteroatoms. The third-order valence-corrected chi connectivity index (χ3v) is 4.13. The molecule has 2 heterocycles. The minimum atomic E-state index is -4.46. The van der Waals surface area contributed by atoms with Gasteiger partial charge in [0.25, 0.3) is 0 Å². The van der Waals surface area contributed by atoms with Gasteiger partial charge in [0.2, 0.25) is 0 Å². The molecule has 0 radical (unpaired) electrons. The zero-order chi connectivity index (χ0) is 21.2. The first kappa shape index (κ1) is 20.1. The smallest absolute Gasteiger partial charge is 0.416 e. The van der Waals surface area contributed by atoms with E-state index < -0.39 is 23.5 Å². The van der Waals surface area contributed by atoms with Crippen LogP contribution >= 0.6 is 0 Å². The average molecular weight is 404 g/mol. The number of benzene rings is 1. The largest absolute Gasteiger partial charge is 0.465 e. The Hall–Kier alpha value is -3.69. The van der Waals surface area contributed by atoms with Gasteiger partial charge in [-0.25, -0.2) is 9.59 Å². The number of alkyl halides is 3. The highest BCUT2D eigenvalue weighted by Crippen LogP contribution is 2.31. The second kappa shape index (κ2) is 7.74. The number of hydrogen-bond donors (Lipinski definition) is 3. The molecular formula is C19H15F3N4O3. The van der Waals surface area contributed by atoms with Crippen LogP contribution in [-0.2, 0) is 12.7 Å². The van der Waals surface area contributed by atoms with Gasteiger partial charge >= 0.3 is 18.0 Å². The molecule has 1 aromatic carbocycles. The molecule has 3 N–H and O–H groups in total. The Morgan fingerprint density at radius 2 is 1.90 bits per heavy atom. The van der Waals surface area contributed by atoms with Crippen LogP contribution in [0.5, 0.6) is 0 Å². The zero-order valence-corrected chi connectivity index (χ0v) is 15.0. The number of amides is 1. The van der Waals surface area contributed by atoms with Crippen LogP contribution in [0.4, 0.5) is 18.0 Å². The second-order valence-electron chi connectivity index (χ2n) is 6.20. The number of nitrogens with zero attached hydrogens (tertiary/aromatic N) is 2. The summed E-state index contributed by atoms with van der Waals surface area (Å²) < 4.78 is 38.2. The molecule has 0 saturated heterocycles. The maximum absolute atomic E-state index is 12.7. The van der Waals surface area contributed by atoms with Gasteiger partial charge in [0.05, 0.1) is 17.0 Å². The minimum absolute atomic E-state index is 0.0245. The fourth-order valence-electron chi connectivity index (χ4n) is 2.70. The maximum atomic E-state index is 12.7. The molecule has 29 heavy (non-hydrogen) atoms. The molecule has 150 valence electrons. The number of aromatic amines is 1. The van der Waals surface area contributed by atoms with Gasteiger partial charge in [-0.2, -0.15) is 18.2 Å². The predicted octanol–water partition coefficient (Wildman–Crippen LogP) is 3.59. The van der Waals surface area contributed by atoms with E-state index in [0.29, 0.717) is 28.1 Å². The summed E-state index contributed by atoms with van der Waals surface area (Å²) in [7, 11) is 0. The van der Waals surface area contributed by atoms with Crippen molar-refractivity contribution in [2.24, 2.45) is 0 Å². The lowest BCUT2D eigenvalue weighted by atomic mass is 10.0. The lowest BCUT2D eigenvalue weighted by molar-refractivity contribution is -0.137. The molecule has 1 amide bonds. The van der Waals surface area contributed by atoms with Crippen molar-refractivity contribution in [1.82, 2.24) is 20.3 Å². The highest BCUT2D eigenvalue weighted by Gasteiger charge is 2.30. The van der Waals surface area contributed by atoms with Gasteiger partial charge in [0.15, 0.2) is 0 Å². The second-order valence-corrected chi connectivity index (χ2v) is 6.20. The Labute approximate surface area is 162 Å². The van der Waals surface area contributed by atoms with E-state index in [4.69, 9.17) is 5.11 Å². The summed E-state index contributed by atoms with van der Waals surface area (Å²) in [6.45, 7) is 1.73. The van der Waals surface area contributed by atoms with Crippen molar-refractivity contribution >= 4 is 6.09 Å². The van der Waals surface area contributed by atoms with Gasteiger partial charge < -0.3 is 15.4 Å². The fourth-order valence-corrected chi connectivity index (χ4v) is 2.70. The molecule has 0 atom stereocenters. The number of halogens is 3. The summed E-state index contributed by atoms with van der Waals surface area (Å²) in [6.07, 6.45) is -4.14. The van der Waals surface area contributed by atoms with E-state index in [9.17, 15) is 22.8 Å². The average Bonchev–Trinajstić information content (AvgIpc) is 2.66. The Bertz CT molecular complexity index is 1110.